The SMILES string of the molecule is NS(=O)(=O)c1ccc(NC(=O)Cn2cnccc2=O)cc1. The molecule has 0 radical (unpaired) electrons. The normalized spacial score (nSPS) is 11.1. The van der Waals surface area contributed by atoms with E-state index in [0.29, 0.717) is 5.69 Å². The fourth-order valence-corrected chi connectivity index (χ4v) is 2.10. The summed E-state index contributed by atoms with van der Waals surface area (Å²) in [6.45, 7) is -0.191. The molecule has 2 rings (SSSR count). The summed E-state index contributed by atoms with van der Waals surface area (Å²) < 4.78 is 23.3. The van der Waals surface area contributed by atoms with Gasteiger partial charge in [-0.3, -0.25) is 14.2 Å². The minimum absolute atomic E-state index is 0.0519. The number of carbonyl (C=O) groups excluding carboxylic acids is 1. The number of benzene rings is 1. The Balaban J connectivity index is 2.07. The third-order valence-electron chi connectivity index (χ3n) is 2.57. The molecular weight excluding hydrogens is 296 g/mol. The van der Waals surface area contributed by atoms with Gasteiger partial charge in [0.15, 0.2) is 0 Å². The van der Waals surface area contributed by atoms with E-state index in [9.17, 15) is 18.0 Å². The first-order chi connectivity index (χ1) is 9.86. The molecule has 0 aliphatic rings. The van der Waals surface area contributed by atoms with Crippen LogP contribution in [-0.4, -0.2) is 23.9 Å². The number of hydrogen-bond acceptors (Lipinski definition) is 5. The predicted molar refractivity (Wildman–Crippen MR) is 74.9 cm³/mol. The molecule has 1 amide bonds. The lowest BCUT2D eigenvalue weighted by Gasteiger charge is -2.07. The van der Waals surface area contributed by atoms with E-state index < -0.39 is 15.9 Å². The van der Waals surface area contributed by atoms with Gasteiger partial charge in [0, 0.05) is 18.0 Å². The number of aromatic nitrogens is 2. The Morgan fingerprint density at radius 2 is 1.90 bits per heavy atom. The second kappa shape index (κ2) is 5.85. The number of nitrogens with one attached hydrogen (secondary N) is 1. The van der Waals surface area contributed by atoms with Crippen molar-refractivity contribution in [3.8, 4) is 0 Å². The number of nitrogens with two attached hydrogens (primary N) is 1. The van der Waals surface area contributed by atoms with Crippen molar-refractivity contribution in [3.05, 3.63) is 53.2 Å². The largest absolute Gasteiger partial charge is 0.325 e. The lowest BCUT2D eigenvalue weighted by Crippen LogP contribution is -2.27. The van der Waals surface area contributed by atoms with Crippen LogP contribution in [0.1, 0.15) is 0 Å². The summed E-state index contributed by atoms with van der Waals surface area (Å²) in [5, 5.41) is 7.50. The number of carbonyl (C=O) groups is 1. The molecule has 1 heterocycles. The van der Waals surface area contributed by atoms with Crippen LogP contribution < -0.4 is 16.0 Å². The van der Waals surface area contributed by atoms with Crippen LogP contribution in [0, 0.1) is 0 Å². The van der Waals surface area contributed by atoms with Crippen molar-refractivity contribution in [2.24, 2.45) is 5.14 Å². The van der Waals surface area contributed by atoms with Crippen LogP contribution in [-0.2, 0) is 21.4 Å². The lowest BCUT2D eigenvalue weighted by atomic mass is 10.3. The van der Waals surface area contributed by atoms with Gasteiger partial charge < -0.3 is 5.32 Å². The van der Waals surface area contributed by atoms with Gasteiger partial charge in [-0.2, -0.15) is 0 Å². The first kappa shape index (κ1) is 14.9. The van der Waals surface area contributed by atoms with E-state index in [0.717, 1.165) is 4.57 Å². The average Bonchev–Trinajstić information content (AvgIpc) is 2.41. The predicted octanol–water partition coefficient (Wildman–Crippen LogP) is -0.471. The van der Waals surface area contributed by atoms with Gasteiger partial charge in [-0.1, -0.05) is 0 Å². The molecular formula is C12H12N4O4S. The molecule has 0 atom stereocenters. The highest BCUT2D eigenvalue weighted by molar-refractivity contribution is 7.89. The fraction of sp³-hybridized carbons (Fsp3) is 0.0833. The number of amides is 1. The fourth-order valence-electron chi connectivity index (χ4n) is 1.58. The zero-order chi connectivity index (χ0) is 15.5. The number of rotatable bonds is 4. The summed E-state index contributed by atoms with van der Waals surface area (Å²) in [5.41, 5.74) is 0.0501. The first-order valence-corrected chi connectivity index (χ1v) is 7.34. The van der Waals surface area contributed by atoms with Crippen LogP contribution in [0.3, 0.4) is 0 Å². The van der Waals surface area contributed by atoms with E-state index in [1.54, 1.807) is 0 Å². The summed E-state index contributed by atoms with van der Waals surface area (Å²) in [6.07, 6.45) is 2.59. The highest BCUT2D eigenvalue weighted by Crippen LogP contribution is 2.12. The van der Waals surface area contributed by atoms with E-state index >= 15 is 0 Å². The van der Waals surface area contributed by atoms with E-state index in [1.165, 1.54) is 42.9 Å². The van der Waals surface area contributed by atoms with Crippen molar-refractivity contribution in [2.75, 3.05) is 5.32 Å². The van der Waals surface area contributed by atoms with Gasteiger partial charge in [0.1, 0.15) is 6.54 Å². The number of hydrogen-bond donors (Lipinski definition) is 2. The Labute approximate surface area is 120 Å². The van der Waals surface area contributed by atoms with Crippen LogP contribution in [0.15, 0.2) is 52.5 Å². The summed E-state index contributed by atoms with van der Waals surface area (Å²) in [7, 11) is -3.77. The quantitative estimate of drug-likeness (QED) is 0.790. The second-order valence-corrected chi connectivity index (χ2v) is 5.73. The van der Waals surface area contributed by atoms with Crippen molar-refractivity contribution in [3.63, 3.8) is 0 Å². The Kier molecular flexibility index (Phi) is 4.15. The Morgan fingerprint density at radius 3 is 2.48 bits per heavy atom. The van der Waals surface area contributed by atoms with Crippen molar-refractivity contribution in [1.29, 1.82) is 0 Å². The molecule has 8 nitrogen and oxygen atoms in total. The second-order valence-electron chi connectivity index (χ2n) is 4.16. The van der Waals surface area contributed by atoms with Gasteiger partial charge in [-0.05, 0) is 24.3 Å². The first-order valence-electron chi connectivity index (χ1n) is 5.79. The van der Waals surface area contributed by atoms with Crippen LogP contribution >= 0.6 is 0 Å². The third kappa shape index (κ3) is 3.97. The highest BCUT2D eigenvalue weighted by Gasteiger charge is 2.08. The van der Waals surface area contributed by atoms with Crippen molar-refractivity contribution in [1.82, 2.24) is 9.55 Å². The lowest BCUT2D eigenvalue weighted by molar-refractivity contribution is -0.116. The molecule has 0 saturated carbocycles. The molecule has 1 aromatic carbocycles. The number of anilines is 1. The van der Waals surface area contributed by atoms with Gasteiger partial charge in [-0.15, -0.1) is 0 Å². The maximum atomic E-state index is 11.8. The minimum atomic E-state index is -3.77. The van der Waals surface area contributed by atoms with Crippen LogP contribution in [0.2, 0.25) is 0 Å². The number of primary sulfonamides is 1. The minimum Gasteiger partial charge on any atom is -0.325 e. The van der Waals surface area contributed by atoms with Gasteiger partial charge in [0.2, 0.25) is 15.9 Å². The van der Waals surface area contributed by atoms with Crippen molar-refractivity contribution in [2.45, 2.75) is 11.4 Å². The summed E-state index contributed by atoms with van der Waals surface area (Å²) in [4.78, 5) is 26.9. The Morgan fingerprint density at radius 1 is 1.24 bits per heavy atom. The molecule has 2 aromatic rings. The highest BCUT2D eigenvalue weighted by atomic mass is 32.2. The van der Waals surface area contributed by atoms with Gasteiger partial charge in [0.25, 0.3) is 5.56 Å². The molecule has 9 heteroatoms. The van der Waals surface area contributed by atoms with E-state index in [2.05, 4.69) is 10.3 Å². The zero-order valence-electron chi connectivity index (χ0n) is 10.8. The van der Waals surface area contributed by atoms with Crippen molar-refractivity contribution >= 4 is 21.6 Å². The molecule has 0 bridgehead atoms. The van der Waals surface area contributed by atoms with Crippen LogP contribution in [0.4, 0.5) is 5.69 Å². The molecule has 0 unspecified atom stereocenters. The molecule has 0 saturated heterocycles. The summed E-state index contributed by atoms with van der Waals surface area (Å²) in [6, 6.07) is 6.61. The summed E-state index contributed by atoms with van der Waals surface area (Å²) in [5.74, 6) is -0.437. The molecule has 0 aliphatic heterocycles. The molecule has 0 aliphatic carbocycles. The van der Waals surface area contributed by atoms with E-state index in [4.69, 9.17) is 5.14 Å². The maximum Gasteiger partial charge on any atom is 0.253 e. The molecule has 21 heavy (non-hydrogen) atoms. The van der Waals surface area contributed by atoms with E-state index in [1.807, 2.05) is 0 Å². The standard InChI is InChI=1S/C12H12N4O4S/c13-21(19,20)10-3-1-9(2-4-10)15-11(17)7-16-8-14-6-5-12(16)18/h1-6,8H,7H2,(H,15,17)(H2,13,19,20). The van der Waals surface area contributed by atoms with Gasteiger partial charge >= 0.3 is 0 Å². The maximum absolute atomic E-state index is 11.8. The molecule has 0 spiro atoms. The van der Waals surface area contributed by atoms with Crippen LogP contribution in [0.5, 0.6) is 0 Å². The third-order valence-corrected chi connectivity index (χ3v) is 3.50. The van der Waals surface area contributed by atoms with Crippen molar-refractivity contribution < 1.29 is 13.2 Å². The number of sulfonamides is 1. The number of nitrogens with zero attached hydrogens (tertiary/aromatic N) is 2. The molecule has 0 fully saturated rings. The molecule has 1 aromatic heterocycles. The smallest absolute Gasteiger partial charge is 0.253 e. The van der Waals surface area contributed by atoms with E-state index in [-0.39, 0.29) is 17.0 Å². The Bertz CT molecular complexity index is 812. The van der Waals surface area contributed by atoms with Gasteiger partial charge in [-0.25, -0.2) is 18.5 Å². The monoisotopic (exact) mass is 308 g/mol. The zero-order valence-corrected chi connectivity index (χ0v) is 11.6. The molecule has 110 valence electrons. The topological polar surface area (TPSA) is 124 Å². The Hall–Kier alpha value is -2.52. The van der Waals surface area contributed by atoms with Gasteiger partial charge in [0.05, 0.1) is 11.2 Å². The van der Waals surface area contributed by atoms with Crippen LogP contribution in [0.25, 0.3) is 0 Å². The summed E-state index contributed by atoms with van der Waals surface area (Å²) >= 11 is 0. The molecule has 3 N–H and O–H groups in total. The average molecular weight is 308 g/mol.